The van der Waals surface area contributed by atoms with Gasteiger partial charge >= 0.3 is 0 Å². The SMILES string of the molecule is CC1CN(Cc2cccc(CNC(=O)c3ccccc3N)c2)CCO1.Cl.Cl. The highest BCUT2D eigenvalue weighted by atomic mass is 35.5. The van der Waals surface area contributed by atoms with E-state index in [0.717, 1.165) is 31.8 Å². The predicted octanol–water partition coefficient (Wildman–Crippen LogP) is 3.26. The number of para-hydroxylation sites is 1. The molecule has 2 aromatic rings. The minimum Gasteiger partial charge on any atom is -0.398 e. The average Bonchev–Trinajstić information content (AvgIpc) is 2.60. The Balaban J connectivity index is 0.00000182. The van der Waals surface area contributed by atoms with Crippen LogP contribution in [0.2, 0.25) is 0 Å². The van der Waals surface area contributed by atoms with Gasteiger partial charge in [0.25, 0.3) is 5.91 Å². The second kappa shape index (κ2) is 11.1. The number of rotatable bonds is 5. The van der Waals surface area contributed by atoms with Gasteiger partial charge in [-0.3, -0.25) is 9.69 Å². The number of anilines is 1. The van der Waals surface area contributed by atoms with E-state index in [9.17, 15) is 4.79 Å². The monoisotopic (exact) mass is 411 g/mol. The van der Waals surface area contributed by atoms with Crippen molar-refractivity contribution in [1.29, 1.82) is 0 Å². The second-order valence-electron chi connectivity index (χ2n) is 6.51. The van der Waals surface area contributed by atoms with Gasteiger partial charge in [-0.25, -0.2) is 0 Å². The smallest absolute Gasteiger partial charge is 0.253 e. The zero-order chi connectivity index (χ0) is 17.6. The molecular formula is C20H27Cl2N3O2. The van der Waals surface area contributed by atoms with Crippen LogP contribution in [0.25, 0.3) is 0 Å². The fraction of sp³-hybridized carbons (Fsp3) is 0.350. The third-order valence-electron chi connectivity index (χ3n) is 4.38. The van der Waals surface area contributed by atoms with E-state index in [1.54, 1.807) is 12.1 Å². The summed E-state index contributed by atoms with van der Waals surface area (Å²) in [6.45, 7) is 6.19. The first kappa shape index (κ1) is 23.2. The van der Waals surface area contributed by atoms with E-state index in [1.807, 2.05) is 24.3 Å². The summed E-state index contributed by atoms with van der Waals surface area (Å²) in [6, 6.07) is 15.4. The van der Waals surface area contributed by atoms with Crippen molar-refractivity contribution < 1.29 is 9.53 Å². The lowest BCUT2D eigenvalue weighted by atomic mass is 10.1. The summed E-state index contributed by atoms with van der Waals surface area (Å²) in [5.41, 5.74) is 9.20. The van der Waals surface area contributed by atoms with Crippen LogP contribution in [-0.4, -0.2) is 36.6 Å². The number of amides is 1. The van der Waals surface area contributed by atoms with Gasteiger partial charge < -0.3 is 15.8 Å². The molecule has 1 aliphatic heterocycles. The Labute approximate surface area is 173 Å². The number of halogens is 2. The van der Waals surface area contributed by atoms with Crippen molar-refractivity contribution in [3.8, 4) is 0 Å². The van der Waals surface area contributed by atoms with Crippen molar-refractivity contribution in [2.45, 2.75) is 26.1 Å². The second-order valence-corrected chi connectivity index (χ2v) is 6.51. The molecule has 0 spiro atoms. The van der Waals surface area contributed by atoms with E-state index in [-0.39, 0.29) is 36.8 Å². The summed E-state index contributed by atoms with van der Waals surface area (Å²) in [7, 11) is 0. The number of ether oxygens (including phenoxy) is 1. The molecule has 0 radical (unpaired) electrons. The number of carbonyl (C=O) groups is 1. The van der Waals surface area contributed by atoms with Crippen LogP contribution in [-0.2, 0) is 17.8 Å². The Kier molecular flexibility index (Phi) is 9.60. The van der Waals surface area contributed by atoms with Gasteiger partial charge in [-0.15, -0.1) is 24.8 Å². The van der Waals surface area contributed by atoms with Gasteiger partial charge in [0.2, 0.25) is 0 Å². The molecule has 0 bridgehead atoms. The average molecular weight is 412 g/mol. The Morgan fingerprint density at radius 1 is 1.19 bits per heavy atom. The molecule has 0 aromatic heterocycles. The fourth-order valence-electron chi connectivity index (χ4n) is 3.11. The lowest BCUT2D eigenvalue weighted by Crippen LogP contribution is -2.40. The topological polar surface area (TPSA) is 67.6 Å². The van der Waals surface area contributed by atoms with E-state index in [4.69, 9.17) is 10.5 Å². The lowest BCUT2D eigenvalue weighted by molar-refractivity contribution is -0.0212. The number of nitrogens with zero attached hydrogens (tertiary/aromatic N) is 1. The number of morpholine rings is 1. The number of hydrogen-bond acceptors (Lipinski definition) is 4. The molecule has 1 fully saturated rings. The standard InChI is InChI=1S/C20H25N3O2.2ClH/c1-15-13-23(9-10-25-15)14-17-6-4-5-16(11-17)12-22-20(24)18-7-2-3-8-19(18)21;;/h2-8,11,15H,9-10,12-14,21H2,1H3,(H,22,24);2*1H. The summed E-state index contributed by atoms with van der Waals surface area (Å²) < 4.78 is 5.59. The Morgan fingerprint density at radius 2 is 1.93 bits per heavy atom. The summed E-state index contributed by atoms with van der Waals surface area (Å²) >= 11 is 0. The maximum absolute atomic E-state index is 12.3. The molecule has 148 valence electrons. The minimum absolute atomic E-state index is 0. The zero-order valence-electron chi connectivity index (χ0n) is 15.4. The highest BCUT2D eigenvalue weighted by Crippen LogP contribution is 2.13. The van der Waals surface area contributed by atoms with Crippen LogP contribution in [0.3, 0.4) is 0 Å². The summed E-state index contributed by atoms with van der Waals surface area (Å²) in [4.78, 5) is 14.7. The van der Waals surface area contributed by atoms with Gasteiger partial charge in [-0.2, -0.15) is 0 Å². The number of nitrogens with two attached hydrogens (primary N) is 1. The van der Waals surface area contributed by atoms with Crippen LogP contribution < -0.4 is 11.1 Å². The van der Waals surface area contributed by atoms with Crippen LogP contribution in [0, 0.1) is 0 Å². The molecule has 1 saturated heterocycles. The first-order valence-electron chi connectivity index (χ1n) is 8.66. The van der Waals surface area contributed by atoms with Gasteiger partial charge in [0.15, 0.2) is 0 Å². The van der Waals surface area contributed by atoms with Gasteiger partial charge in [0.05, 0.1) is 18.3 Å². The van der Waals surface area contributed by atoms with Gasteiger partial charge in [-0.1, -0.05) is 36.4 Å². The van der Waals surface area contributed by atoms with Crippen molar-refractivity contribution in [1.82, 2.24) is 10.2 Å². The van der Waals surface area contributed by atoms with Gasteiger partial charge in [-0.05, 0) is 30.2 Å². The van der Waals surface area contributed by atoms with Crippen LogP contribution in [0.5, 0.6) is 0 Å². The molecule has 1 heterocycles. The highest BCUT2D eigenvalue weighted by Gasteiger charge is 2.16. The largest absolute Gasteiger partial charge is 0.398 e. The summed E-state index contributed by atoms with van der Waals surface area (Å²) in [5, 5.41) is 2.94. The summed E-state index contributed by atoms with van der Waals surface area (Å²) in [5.74, 6) is -0.148. The van der Waals surface area contributed by atoms with Crippen LogP contribution in [0.1, 0.15) is 28.4 Å². The number of hydrogen-bond donors (Lipinski definition) is 2. The number of nitrogen functional groups attached to an aromatic ring is 1. The normalized spacial score (nSPS) is 16.7. The molecule has 3 rings (SSSR count). The summed E-state index contributed by atoms with van der Waals surface area (Å²) in [6.07, 6.45) is 0.285. The zero-order valence-corrected chi connectivity index (χ0v) is 17.0. The molecule has 7 heteroatoms. The highest BCUT2D eigenvalue weighted by molar-refractivity contribution is 5.99. The minimum atomic E-state index is -0.148. The molecule has 27 heavy (non-hydrogen) atoms. The molecule has 1 amide bonds. The van der Waals surface area contributed by atoms with Crippen LogP contribution in [0.4, 0.5) is 5.69 Å². The van der Waals surface area contributed by atoms with Crippen molar-refractivity contribution in [3.63, 3.8) is 0 Å². The fourth-order valence-corrected chi connectivity index (χ4v) is 3.11. The third-order valence-corrected chi connectivity index (χ3v) is 4.38. The number of benzene rings is 2. The maximum atomic E-state index is 12.3. The maximum Gasteiger partial charge on any atom is 0.253 e. The van der Waals surface area contributed by atoms with Crippen LogP contribution in [0.15, 0.2) is 48.5 Å². The molecule has 0 saturated carbocycles. The molecule has 1 unspecified atom stereocenters. The van der Waals surface area contributed by atoms with Crippen molar-refractivity contribution >= 4 is 36.4 Å². The van der Waals surface area contributed by atoms with E-state index in [2.05, 4.69) is 29.3 Å². The first-order valence-corrected chi connectivity index (χ1v) is 8.66. The third kappa shape index (κ3) is 6.70. The Morgan fingerprint density at radius 3 is 2.67 bits per heavy atom. The van der Waals surface area contributed by atoms with E-state index in [1.165, 1.54) is 5.56 Å². The van der Waals surface area contributed by atoms with Crippen molar-refractivity contribution in [2.24, 2.45) is 0 Å². The van der Waals surface area contributed by atoms with Crippen LogP contribution >= 0.6 is 24.8 Å². The van der Waals surface area contributed by atoms with Crippen molar-refractivity contribution in [2.75, 3.05) is 25.4 Å². The Bertz CT molecular complexity index is 743. The predicted molar refractivity (Wildman–Crippen MR) is 114 cm³/mol. The molecular weight excluding hydrogens is 385 g/mol. The van der Waals surface area contributed by atoms with E-state index in [0.29, 0.717) is 17.8 Å². The van der Waals surface area contributed by atoms with Crippen molar-refractivity contribution in [3.05, 3.63) is 65.2 Å². The number of carbonyl (C=O) groups excluding carboxylic acids is 1. The van der Waals surface area contributed by atoms with E-state index >= 15 is 0 Å². The first-order chi connectivity index (χ1) is 12.1. The molecule has 3 N–H and O–H groups in total. The van der Waals surface area contributed by atoms with Gasteiger partial charge in [0, 0.05) is 31.9 Å². The quantitative estimate of drug-likeness (QED) is 0.740. The van der Waals surface area contributed by atoms with E-state index < -0.39 is 0 Å². The molecule has 5 nitrogen and oxygen atoms in total. The molecule has 1 atom stereocenters. The Hall–Kier alpha value is -1.79. The molecule has 2 aromatic carbocycles. The van der Waals surface area contributed by atoms with Gasteiger partial charge in [0.1, 0.15) is 0 Å². The molecule has 1 aliphatic rings. The lowest BCUT2D eigenvalue weighted by Gasteiger charge is -2.31. The molecule has 0 aliphatic carbocycles. The number of nitrogens with one attached hydrogen (secondary N) is 1.